The Hall–Kier alpha value is -1.85. The van der Waals surface area contributed by atoms with Crippen LogP contribution in [0.2, 0.25) is 0 Å². The summed E-state index contributed by atoms with van der Waals surface area (Å²) in [7, 11) is -4.25. The molecule has 1 amide bonds. The van der Waals surface area contributed by atoms with E-state index in [-0.39, 0.29) is 13.0 Å². The first-order valence-electron chi connectivity index (χ1n) is 10.1. The van der Waals surface area contributed by atoms with Gasteiger partial charge in [0.25, 0.3) is 10.0 Å². The number of halogens is 1. The smallest absolute Gasteiger partial charge is 0.279 e. The van der Waals surface area contributed by atoms with Crippen molar-refractivity contribution in [2.45, 2.75) is 51.0 Å². The SMILES string of the molecule is CCCC(=O)NS(=O)(=O)C(C)(O)N1CC=C(c2ccc(C#CCCCCl)cc2)CC1. The minimum atomic E-state index is -4.25. The van der Waals surface area contributed by atoms with Gasteiger partial charge in [0.1, 0.15) is 0 Å². The number of benzene rings is 1. The van der Waals surface area contributed by atoms with Crippen molar-refractivity contribution in [3.8, 4) is 11.8 Å². The van der Waals surface area contributed by atoms with Gasteiger partial charge in [-0.15, -0.1) is 11.6 Å². The van der Waals surface area contributed by atoms with E-state index in [0.717, 1.165) is 29.5 Å². The van der Waals surface area contributed by atoms with Gasteiger partial charge in [-0.3, -0.25) is 9.69 Å². The van der Waals surface area contributed by atoms with Crippen LogP contribution in [0.3, 0.4) is 0 Å². The number of nitrogens with zero attached hydrogens (tertiary/aromatic N) is 1. The number of carbonyl (C=O) groups excluding carboxylic acids is 1. The molecule has 1 aromatic carbocycles. The summed E-state index contributed by atoms with van der Waals surface area (Å²) in [4.78, 5) is 13.1. The molecule has 0 aromatic heterocycles. The number of alkyl halides is 1. The number of sulfonamides is 1. The molecule has 1 aliphatic rings. The number of rotatable bonds is 8. The fourth-order valence-electron chi connectivity index (χ4n) is 3.09. The van der Waals surface area contributed by atoms with E-state index in [1.165, 1.54) is 11.8 Å². The van der Waals surface area contributed by atoms with Crippen molar-refractivity contribution in [2.24, 2.45) is 0 Å². The van der Waals surface area contributed by atoms with Gasteiger partial charge in [0, 0.05) is 37.4 Å². The monoisotopic (exact) mass is 452 g/mol. The molecular weight excluding hydrogens is 424 g/mol. The Kier molecular flexibility index (Phi) is 8.92. The summed E-state index contributed by atoms with van der Waals surface area (Å²) in [6.07, 6.45) is 4.74. The first-order valence-corrected chi connectivity index (χ1v) is 12.1. The quantitative estimate of drug-likeness (QED) is 0.359. The summed E-state index contributed by atoms with van der Waals surface area (Å²) in [6, 6.07) is 7.90. The van der Waals surface area contributed by atoms with Crippen molar-refractivity contribution >= 4 is 33.1 Å². The first-order chi connectivity index (χ1) is 14.2. The highest BCUT2D eigenvalue weighted by Gasteiger charge is 2.44. The van der Waals surface area contributed by atoms with Crippen LogP contribution in [-0.2, 0) is 14.8 Å². The summed E-state index contributed by atoms with van der Waals surface area (Å²) >= 11 is 5.64. The van der Waals surface area contributed by atoms with Crippen LogP contribution >= 0.6 is 11.6 Å². The third-order valence-corrected chi connectivity index (χ3v) is 6.99. The maximum Gasteiger partial charge on any atom is 0.279 e. The van der Waals surface area contributed by atoms with E-state index < -0.39 is 21.0 Å². The zero-order chi connectivity index (χ0) is 22.2. The molecular formula is C22H29ClN2O4S. The Bertz CT molecular complexity index is 928. The van der Waals surface area contributed by atoms with Crippen LogP contribution in [0.5, 0.6) is 0 Å². The summed E-state index contributed by atoms with van der Waals surface area (Å²) < 4.78 is 26.9. The van der Waals surface area contributed by atoms with Crippen molar-refractivity contribution in [3.05, 3.63) is 41.5 Å². The Morgan fingerprint density at radius 2 is 2.03 bits per heavy atom. The van der Waals surface area contributed by atoms with Crippen LogP contribution in [-0.4, -0.2) is 48.4 Å². The Morgan fingerprint density at radius 3 is 2.60 bits per heavy atom. The van der Waals surface area contributed by atoms with Crippen LogP contribution < -0.4 is 4.72 Å². The second kappa shape index (κ2) is 11.0. The van der Waals surface area contributed by atoms with E-state index in [4.69, 9.17) is 11.6 Å². The molecule has 30 heavy (non-hydrogen) atoms. The summed E-state index contributed by atoms with van der Waals surface area (Å²) in [5.74, 6) is 6.19. The average Bonchev–Trinajstić information content (AvgIpc) is 2.71. The largest absolute Gasteiger partial charge is 0.361 e. The van der Waals surface area contributed by atoms with Crippen LogP contribution in [0, 0.1) is 11.8 Å². The van der Waals surface area contributed by atoms with Gasteiger partial charge in [-0.1, -0.05) is 37.0 Å². The van der Waals surface area contributed by atoms with Crippen molar-refractivity contribution < 1.29 is 18.3 Å². The molecule has 0 saturated heterocycles. The van der Waals surface area contributed by atoms with Gasteiger partial charge < -0.3 is 5.11 Å². The fourth-order valence-corrected chi connectivity index (χ4v) is 4.32. The third-order valence-electron chi connectivity index (χ3n) is 4.95. The molecule has 1 heterocycles. The Morgan fingerprint density at radius 1 is 1.33 bits per heavy atom. The lowest BCUT2D eigenvalue weighted by atomic mass is 9.98. The summed E-state index contributed by atoms with van der Waals surface area (Å²) in [6.45, 7) is 3.58. The molecule has 0 saturated carbocycles. The van der Waals surface area contributed by atoms with Crippen molar-refractivity contribution in [1.82, 2.24) is 9.62 Å². The molecule has 0 bridgehead atoms. The molecule has 164 valence electrons. The minimum Gasteiger partial charge on any atom is -0.361 e. The number of hydrogen-bond acceptors (Lipinski definition) is 5. The highest BCUT2D eigenvalue weighted by Crippen LogP contribution is 2.28. The molecule has 0 fully saturated rings. The third kappa shape index (κ3) is 6.32. The van der Waals surface area contributed by atoms with Gasteiger partial charge in [-0.2, -0.15) is 0 Å². The van der Waals surface area contributed by atoms with E-state index in [1.54, 1.807) is 6.92 Å². The van der Waals surface area contributed by atoms with Crippen LogP contribution in [0.4, 0.5) is 0 Å². The summed E-state index contributed by atoms with van der Waals surface area (Å²) in [5, 5.41) is 8.49. The second-order valence-electron chi connectivity index (χ2n) is 7.31. The molecule has 0 spiro atoms. The van der Waals surface area contributed by atoms with Gasteiger partial charge in [0.15, 0.2) is 0 Å². The molecule has 1 unspecified atom stereocenters. The number of amides is 1. The van der Waals surface area contributed by atoms with E-state index in [1.807, 2.05) is 35.1 Å². The topological polar surface area (TPSA) is 86.7 Å². The molecule has 8 heteroatoms. The Labute approximate surface area is 184 Å². The zero-order valence-electron chi connectivity index (χ0n) is 17.4. The normalized spacial score (nSPS) is 16.7. The highest BCUT2D eigenvalue weighted by atomic mass is 35.5. The summed E-state index contributed by atoms with van der Waals surface area (Å²) in [5.41, 5.74) is 3.05. The maximum atomic E-state index is 12.5. The molecule has 1 aliphatic heterocycles. The van der Waals surface area contributed by atoms with Gasteiger partial charge in [-0.25, -0.2) is 13.1 Å². The van der Waals surface area contributed by atoms with Crippen LogP contribution in [0.1, 0.15) is 57.1 Å². The van der Waals surface area contributed by atoms with Gasteiger partial charge in [0.2, 0.25) is 11.0 Å². The second-order valence-corrected chi connectivity index (χ2v) is 9.67. The lowest BCUT2D eigenvalue weighted by molar-refractivity contribution is -0.119. The maximum absolute atomic E-state index is 12.5. The van der Waals surface area contributed by atoms with Gasteiger partial charge in [0.05, 0.1) is 0 Å². The van der Waals surface area contributed by atoms with Gasteiger partial charge in [-0.05, 0) is 49.5 Å². The van der Waals surface area contributed by atoms with E-state index >= 15 is 0 Å². The lowest BCUT2D eigenvalue weighted by Crippen LogP contribution is -2.58. The highest BCUT2D eigenvalue weighted by molar-refractivity contribution is 7.91. The molecule has 1 aromatic rings. The predicted molar refractivity (Wildman–Crippen MR) is 120 cm³/mol. The number of unbranched alkanes of at least 4 members (excludes halogenated alkanes) is 1. The molecule has 2 N–H and O–H groups in total. The Balaban J connectivity index is 2.05. The van der Waals surface area contributed by atoms with E-state index in [9.17, 15) is 18.3 Å². The zero-order valence-corrected chi connectivity index (χ0v) is 19.0. The van der Waals surface area contributed by atoms with E-state index in [2.05, 4.69) is 11.8 Å². The van der Waals surface area contributed by atoms with Crippen LogP contribution in [0.15, 0.2) is 30.3 Å². The van der Waals surface area contributed by atoms with Crippen molar-refractivity contribution in [1.29, 1.82) is 0 Å². The van der Waals surface area contributed by atoms with Crippen molar-refractivity contribution in [3.63, 3.8) is 0 Å². The first kappa shape index (κ1) is 24.4. The number of nitrogens with one attached hydrogen (secondary N) is 1. The van der Waals surface area contributed by atoms with Crippen LogP contribution in [0.25, 0.3) is 5.57 Å². The number of carbonyl (C=O) groups is 1. The molecule has 0 aliphatic carbocycles. The van der Waals surface area contributed by atoms with Crippen molar-refractivity contribution in [2.75, 3.05) is 19.0 Å². The average molecular weight is 453 g/mol. The molecule has 1 atom stereocenters. The number of aliphatic hydroxyl groups is 1. The number of hydrogen-bond donors (Lipinski definition) is 2. The standard InChI is InChI=1S/C22H29ClN2O4S/c1-3-7-21(26)24-30(28,29)22(2,27)25-16-13-20(14-17-25)19-11-9-18(10-12-19)8-5-4-6-15-23/h9-13,27H,3-4,6-7,14-17H2,1-2H3,(H,24,26). The fraction of sp³-hybridized carbons (Fsp3) is 0.500. The van der Waals surface area contributed by atoms with Gasteiger partial charge >= 0.3 is 0 Å². The molecule has 2 rings (SSSR count). The molecule has 0 radical (unpaired) electrons. The van der Waals surface area contributed by atoms with E-state index in [0.29, 0.717) is 25.3 Å². The predicted octanol–water partition coefficient (Wildman–Crippen LogP) is 3.06. The minimum absolute atomic E-state index is 0.0897. The molecule has 6 nitrogen and oxygen atoms in total. The lowest BCUT2D eigenvalue weighted by Gasteiger charge is -2.37.